The molecule has 2 N–H and O–H groups in total. The second kappa shape index (κ2) is 8.03. The van der Waals surface area contributed by atoms with E-state index < -0.39 is 12.4 Å². The topological polar surface area (TPSA) is 60.6 Å². The number of rotatable bonds is 5. The second-order valence-electron chi connectivity index (χ2n) is 5.99. The average Bonchev–Trinajstić information content (AvgIpc) is 2.63. The van der Waals surface area contributed by atoms with Crippen molar-refractivity contribution in [2.45, 2.75) is 18.4 Å². The molecule has 8 heteroatoms. The quantitative estimate of drug-likeness (QED) is 0.880. The Labute approximate surface area is 149 Å². The van der Waals surface area contributed by atoms with E-state index in [1.54, 1.807) is 18.3 Å². The summed E-state index contributed by atoms with van der Waals surface area (Å²) in [6.07, 6.45) is -3.01. The number of halogens is 3. The molecular formula is C18H20F3N3O2. The van der Waals surface area contributed by atoms with Crippen LogP contribution in [0, 0.1) is 0 Å². The van der Waals surface area contributed by atoms with Gasteiger partial charge in [-0.15, -0.1) is 13.2 Å². The maximum atomic E-state index is 12.3. The van der Waals surface area contributed by atoms with Crippen LogP contribution in [-0.2, 0) is 4.74 Å². The van der Waals surface area contributed by atoms with Crippen molar-refractivity contribution in [2.75, 3.05) is 26.3 Å². The summed E-state index contributed by atoms with van der Waals surface area (Å²) >= 11 is 0. The minimum atomic E-state index is -4.71. The highest BCUT2D eigenvalue weighted by atomic mass is 19.4. The molecule has 2 atom stereocenters. The highest BCUT2D eigenvalue weighted by Gasteiger charge is 2.32. The molecule has 1 aromatic carbocycles. The van der Waals surface area contributed by atoms with Gasteiger partial charge in [-0.05, 0) is 29.8 Å². The summed E-state index contributed by atoms with van der Waals surface area (Å²) in [4.78, 5) is 6.62. The molecule has 0 spiro atoms. The number of hydrogen-bond acceptors (Lipinski definition) is 5. The van der Waals surface area contributed by atoms with Crippen LogP contribution in [0.2, 0.25) is 0 Å². The van der Waals surface area contributed by atoms with Gasteiger partial charge in [0.15, 0.2) is 0 Å². The summed E-state index contributed by atoms with van der Waals surface area (Å²) < 4.78 is 46.3. The highest BCUT2D eigenvalue weighted by molar-refractivity contribution is 5.31. The van der Waals surface area contributed by atoms with Gasteiger partial charge in [0.25, 0.3) is 0 Å². The summed E-state index contributed by atoms with van der Waals surface area (Å²) in [5, 5.41) is 0. The van der Waals surface area contributed by atoms with Crippen LogP contribution in [0.15, 0.2) is 48.7 Å². The lowest BCUT2D eigenvalue weighted by atomic mass is 9.95. The van der Waals surface area contributed by atoms with Crippen LogP contribution in [0.5, 0.6) is 5.75 Å². The zero-order valence-electron chi connectivity index (χ0n) is 14.0. The Morgan fingerprint density at radius 2 is 1.77 bits per heavy atom. The largest absolute Gasteiger partial charge is 0.573 e. The van der Waals surface area contributed by atoms with Crippen LogP contribution in [0.1, 0.15) is 23.3 Å². The Kier molecular flexibility index (Phi) is 5.75. The van der Waals surface area contributed by atoms with Crippen LogP contribution in [-0.4, -0.2) is 42.5 Å². The Hall–Kier alpha value is -2.16. The molecule has 2 aromatic rings. The molecule has 140 valence electrons. The van der Waals surface area contributed by atoms with E-state index in [2.05, 4.69) is 14.6 Å². The Balaban J connectivity index is 1.84. The molecule has 0 saturated carbocycles. The first-order chi connectivity index (χ1) is 12.4. The van der Waals surface area contributed by atoms with Gasteiger partial charge >= 0.3 is 6.36 Å². The van der Waals surface area contributed by atoms with Crippen molar-refractivity contribution in [3.63, 3.8) is 0 Å². The summed E-state index contributed by atoms with van der Waals surface area (Å²) in [5.41, 5.74) is 8.02. The summed E-state index contributed by atoms with van der Waals surface area (Å²) in [6.45, 7) is 2.64. The maximum absolute atomic E-state index is 12.3. The third kappa shape index (κ3) is 4.72. The summed E-state index contributed by atoms with van der Waals surface area (Å²) in [7, 11) is 0. The molecule has 0 bridgehead atoms. The number of alkyl halides is 3. The van der Waals surface area contributed by atoms with E-state index in [4.69, 9.17) is 10.5 Å². The zero-order valence-corrected chi connectivity index (χ0v) is 14.0. The van der Waals surface area contributed by atoms with Crippen molar-refractivity contribution < 1.29 is 22.6 Å². The molecule has 1 aliphatic rings. The van der Waals surface area contributed by atoms with Crippen molar-refractivity contribution in [1.29, 1.82) is 0 Å². The maximum Gasteiger partial charge on any atom is 0.573 e. The minimum absolute atomic E-state index is 0.200. The lowest BCUT2D eigenvalue weighted by molar-refractivity contribution is -0.274. The standard InChI is InChI=1S/C18H20F3N3O2/c19-18(20,21)26-14-6-4-13(5-7-14)16(22)17(15-3-1-2-8-23-15)24-9-11-25-12-10-24/h1-8,16-17H,9-12,22H2. The lowest BCUT2D eigenvalue weighted by Crippen LogP contribution is -2.43. The Bertz CT molecular complexity index is 689. The predicted molar refractivity (Wildman–Crippen MR) is 89.4 cm³/mol. The van der Waals surface area contributed by atoms with E-state index in [1.807, 2.05) is 18.2 Å². The molecule has 26 heavy (non-hydrogen) atoms. The first-order valence-corrected chi connectivity index (χ1v) is 8.28. The van der Waals surface area contributed by atoms with E-state index in [9.17, 15) is 13.2 Å². The van der Waals surface area contributed by atoms with Crippen LogP contribution in [0.4, 0.5) is 13.2 Å². The van der Waals surface area contributed by atoms with E-state index in [0.717, 1.165) is 5.69 Å². The van der Waals surface area contributed by atoms with Gasteiger partial charge in [0, 0.05) is 19.3 Å². The van der Waals surface area contributed by atoms with Crippen molar-refractivity contribution in [3.05, 3.63) is 59.9 Å². The van der Waals surface area contributed by atoms with Gasteiger partial charge in [0.2, 0.25) is 0 Å². The Morgan fingerprint density at radius 1 is 1.08 bits per heavy atom. The summed E-state index contributed by atoms with van der Waals surface area (Å²) in [5.74, 6) is -0.269. The van der Waals surface area contributed by atoms with E-state index in [1.165, 1.54) is 12.1 Å². The first-order valence-electron chi connectivity index (χ1n) is 8.28. The molecule has 0 radical (unpaired) electrons. The Morgan fingerprint density at radius 3 is 2.35 bits per heavy atom. The third-order valence-corrected chi connectivity index (χ3v) is 4.27. The fourth-order valence-corrected chi connectivity index (χ4v) is 3.08. The van der Waals surface area contributed by atoms with Gasteiger partial charge in [0.05, 0.1) is 31.0 Å². The number of benzene rings is 1. The van der Waals surface area contributed by atoms with Gasteiger partial charge in [-0.3, -0.25) is 9.88 Å². The monoisotopic (exact) mass is 367 g/mol. The number of morpholine rings is 1. The van der Waals surface area contributed by atoms with E-state index >= 15 is 0 Å². The molecule has 3 rings (SSSR count). The lowest BCUT2D eigenvalue weighted by Gasteiger charge is -2.37. The number of pyridine rings is 1. The third-order valence-electron chi connectivity index (χ3n) is 4.27. The van der Waals surface area contributed by atoms with Crippen LogP contribution < -0.4 is 10.5 Å². The zero-order chi connectivity index (χ0) is 18.6. The van der Waals surface area contributed by atoms with Crippen molar-refractivity contribution >= 4 is 0 Å². The molecule has 2 heterocycles. The van der Waals surface area contributed by atoms with Crippen LogP contribution in [0.3, 0.4) is 0 Å². The highest BCUT2D eigenvalue weighted by Crippen LogP contribution is 2.33. The van der Waals surface area contributed by atoms with Gasteiger partial charge in [0.1, 0.15) is 5.75 Å². The summed E-state index contributed by atoms with van der Waals surface area (Å²) in [6, 6.07) is 10.6. The van der Waals surface area contributed by atoms with Crippen LogP contribution >= 0.6 is 0 Å². The van der Waals surface area contributed by atoms with E-state index in [-0.39, 0.29) is 11.8 Å². The first kappa shape index (κ1) is 18.6. The molecule has 1 aromatic heterocycles. The molecule has 0 amide bonds. The van der Waals surface area contributed by atoms with E-state index in [0.29, 0.717) is 31.9 Å². The van der Waals surface area contributed by atoms with Crippen LogP contribution in [0.25, 0.3) is 0 Å². The molecule has 0 aliphatic carbocycles. The van der Waals surface area contributed by atoms with Gasteiger partial charge in [-0.25, -0.2) is 0 Å². The molecule has 1 saturated heterocycles. The molecule has 2 unspecified atom stereocenters. The minimum Gasteiger partial charge on any atom is -0.406 e. The molecule has 5 nitrogen and oxygen atoms in total. The van der Waals surface area contributed by atoms with Crippen molar-refractivity contribution in [1.82, 2.24) is 9.88 Å². The van der Waals surface area contributed by atoms with Gasteiger partial charge < -0.3 is 15.2 Å². The van der Waals surface area contributed by atoms with Crippen molar-refractivity contribution in [3.8, 4) is 5.75 Å². The van der Waals surface area contributed by atoms with Gasteiger partial charge in [-0.2, -0.15) is 0 Å². The second-order valence-corrected chi connectivity index (χ2v) is 5.99. The van der Waals surface area contributed by atoms with Gasteiger partial charge in [-0.1, -0.05) is 18.2 Å². The molecule has 1 fully saturated rings. The number of nitrogens with two attached hydrogens (primary N) is 1. The number of ether oxygens (including phenoxy) is 2. The fraction of sp³-hybridized carbons (Fsp3) is 0.389. The molecular weight excluding hydrogens is 347 g/mol. The fourth-order valence-electron chi connectivity index (χ4n) is 3.08. The number of aromatic nitrogens is 1. The molecule has 1 aliphatic heterocycles. The SMILES string of the molecule is NC(c1ccc(OC(F)(F)F)cc1)C(c1ccccn1)N1CCOCC1. The number of hydrogen-bond donors (Lipinski definition) is 1. The normalized spacial score (nSPS) is 18.3. The average molecular weight is 367 g/mol. The predicted octanol–water partition coefficient (Wildman–Crippen LogP) is 3.05. The van der Waals surface area contributed by atoms with Crippen molar-refractivity contribution in [2.24, 2.45) is 5.73 Å². The smallest absolute Gasteiger partial charge is 0.406 e. The number of nitrogens with zero attached hydrogens (tertiary/aromatic N) is 2.